The topological polar surface area (TPSA) is 0 Å². The molecule has 0 aliphatic heterocycles. The molecule has 2 unspecified atom stereocenters. The van der Waals surface area contributed by atoms with Crippen molar-refractivity contribution in [3.05, 3.63) is 77.7 Å². The van der Waals surface area contributed by atoms with E-state index in [0.717, 1.165) is 0 Å². The molecule has 2 heteroatoms. The molecule has 2 aromatic carbocycles. The van der Waals surface area contributed by atoms with Gasteiger partial charge < -0.3 is 0 Å². The van der Waals surface area contributed by atoms with E-state index >= 15 is 0 Å². The van der Waals surface area contributed by atoms with Gasteiger partial charge in [0.05, 0.1) is 0 Å². The fourth-order valence-electron chi connectivity index (χ4n) is 3.68. The summed E-state index contributed by atoms with van der Waals surface area (Å²) in [7, 11) is 0. The van der Waals surface area contributed by atoms with Gasteiger partial charge in [-0.15, -0.1) is 0 Å². The summed E-state index contributed by atoms with van der Waals surface area (Å²) >= 11 is 7.28. The Balaban J connectivity index is 0.000000151. The Labute approximate surface area is 174 Å². The van der Waals surface area contributed by atoms with Crippen molar-refractivity contribution in [1.82, 2.24) is 0 Å². The number of hydrogen-bond donors (Lipinski definition) is 0. The standard InChI is InChI=1S/2C12H13Br/c2*1-7-4-5-10-9(3)8(2)6-11(10)12(7)13/h2*4-6,9H,1-3H3. The predicted octanol–water partition coefficient (Wildman–Crippen LogP) is 8.56. The van der Waals surface area contributed by atoms with E-state index in [2.05, 4.69) is 110 Å². The van der Waals surface area contributed by atoms with Gasteiger partial charge in [-0.1, -0.05) is 61.4 Å². The third-order valence-electron chi connectivity index (χ3n) is 5.86. The summed E-state index contributed by atoms with van der Waals surface area (Å²) < 4.78 is 2.52. The van der Waals surface area contributed by atoms with Gasteiger partial charge in [0.2, 0.25) is 0 Å². The Morgan fingerprint density at radius 3 is 1.31 bits per heavy atom. The molecule has 136 valence electrons. The minimum Gasteiger partial charge on any atom is -0.0654 e. The van der Waals surface area contributed by atoms with Crippen LogP contribution < -0.4 is 0 Å². The van der Waals surface area contributed by atoms with E-state index in [-0.39, 0.29) is 0 Å². The first-order chi connectivity index (χ1) is 12.2. The molecule has 0 saturated carbocycles. The van der Waals surface area contributed by atoms with Crippen molar-refractivity contribution < 1.29 is 0 Å². The van der Waals surface area contributed by atoms with Crippen LogP contribution in [0, 0.1) is 13.8 Å². The molecule has 2 atom stereocenters. The zero-order valence-corrected chi connectivity index (χ0v) is 19.5. The maximum absolute atomic E-state index is 3.64. The maximum atomic E-state index is 3.64. The van der Waals surface area contributed by atoms with E-state index < -0.39 is 0 Å². The summed E-state index contributed by atoms with van der Waals surface area (Å²) in [6.07, 6.45) is 4.58. The van der Waals surface area contributed by atoms with E-state index in [1.54, 1.807) is 0 Å². The number of halogens is 2. The third kappa shape index (κ3) is 3.39. The van der Waals surface area contributed by atoms with Gasteiger partial charge in [0.25, 0.3) is 0 Å². The number of allylic oxidation sites excluding steroid dienone is 2. The van der Waals surface area contributed by atoms with Gasteiger partial charge in [0.1, 0.15) is 0 Å². The van der Waals surface area contributed by atoms with Crippen LogP contribution in [0.25, 0.3) is 12.2 Å². The van der Waals surface area contributed by atoms with Crippen LogP contribution in [0.4, 0.5) is 0 Å². The SMILES string of the molecule is CC1=Cc2c(ccc(C)c2Br)C1C.CC1=Cc2c(ccc(C)c2Br)C1C. The largest absolute Gasteiger partial charge is 0.0654 e. The first-order valence-corrected chi connectivity index (χ1v) is 10.7. The molecule has 0 nitrogen and oxygen atoms in total. The number of aryl methyl sites for hydroxylation is 2. The van der Waals surface area contributed by atoms with Crippen molar-refractivity contribution in [1.29, 1.82) is 0 Å². The van der Waals surface area contributed by atoms with E-state index in [4.69, 9.17) is 0 Å². The van der Waals surface area contributed by atoms with Gasteiger partial charge in [-0.05, 0) is 92.9 Å². The second-order valence-corrected chi connectivity index (χ2v) is 9.20. The molecule has 2 aliphatic rings. The minimum atomic E-state index is 0.590. The lowest BCUT2D eigenvalue weighted by atomic mass is 9.98. The average molecular weight is 474 g/mol. The highest BCUT2D eigenvalue weighted by Gasteiger charge is 2.21. The molecule has 26 heavy (non-hydrogen) atoms. The second kappa shape index (κ2) is 7.48. The number of hydrogen-bond acceptors (Lipinski definition) is 0. The molecule has 0 radical (unpaired) electrons. The number of rotatable bonds is 0. The summed E-state index contributed by atoms with van der Waals surface area (Å²) in [5, 5.41) is 0. The predicted molar refractivity (Wildman–Crippen MR) is 122 cm³/mol. The Morgan fingerprint density at radius 2 is 0.962 bits per heavy atom. The Morgan fingerprint density at radius 1 is 0.615 bits per heavy atom. The molecule has 0 bridgehead atoms. The van der Waals surface area contributed by atoms with Crippen molar-refractivity contribution >= 4 is 44.0 Å². The van der Waals surface area contributed by atoms with Crippen LogP contribution in [0.15, 0.2) is 44.4 Å². The zero-order valence-electron chi connectivity index (χ0n) is 16.4. The highest BCUT2D eigenvalue weighted by atomic mass is 79.9. The van der Waals surface area contributed by atoms with Gasteiger partial charge in [0.15, 0.2) is 0 Å². The highest BCUT2D eigenvalue weighted by Crippen LogP contribution is 2.41. The summed E-state index contributed by atoms with van der Waals surface area (Å²) in [4.78, 5) is 0. The van der Waals surface area contributed by atoms with Gasteiger partial charge in [-0.25, -0.2) is 0 Å². The third-order valence-corrected chi connectivity index (χ3v) is 7.96. The molecular formula is C24H26Br2. The fourth-order valence-corrected chi connectivity index (χ4v) is 4.63. The van der Waals surface area contributed by atoms with Crippen LogP contribution in [0.3, 0.4) is 0 Å². The number of fused-ring (bicyclic) bond motifs is 2. The van der Waals surface area contributed by atoms with Crippen molar-refractivity contribution in [2.75, 3.05) is 0 Å². The lowest BCUT2D eigenvalue weighted by molar-refractivity contribution is 0.920. The van der Waals surface area contributed by atoms with E-state index in [1.165, 1.54) is 53.5 Å². The number of benzene rings is 2. The van der Waals surface area contributed by atoms with Crippen molar-refractivity contribution in [2.45, 2.75) is 53.4 Å². The maximum Gasteiger partial charge on any atom is 0.0279 e. The second-order valence-electron chi connectivity index (χ2n) is 7.62. The normalized spacial score (nSPS) is 20.0. The van der Waals surface area contributed by atoms with Crippen molar-refractivity contribution in [3.63, 3.8) is 0 Å². The average Bonchev–Trinajstić information content (AvgIpc) is 3.06. The van der Waals surface area contributed by atoms with Crippen molar-refractivity contribution in [3.8, 4) is 0 Å². The molecule has 4 rings (SSSR count). The molecule has 2 aliphatic carbocycles. The molecule has 0 fully saturated rings. The quantitative estimate of drug-likeness (QED) is 0.359. The van der Waals surface area contributed by atoms with Crippen LogP contribution in [-0.2, 0) is 0 Å². The minimum absolute atomic E-state index is 0.590. The van der Waals surface area contributed by atoms with Gasteiger partial charge in [-0.2, -0.15) is 0 Å². The first-order valence-electron chi connectivity index (χ1n) is 9.16. The van der Waals surface area contributed by atoms with Gasteiger partial charge >= 0.3 is 0 Å². The van der Waals surface area contributed by atoms with E-state index in [1.807, 2.05) is 0 Å². The van der Waals surface area contributed by atoms with E-state index in [9.17, 15) is 0 Å². The summed E-state index contributed by atoms with van der Waals surface area (Å²) in [5.74, 6) is 1.18. The molecule has 0 N–H and O–H groups in total. The molecule has 0 spiro atoms. The Bertz CT molecular complexity index is 854. The smallest absolute Gasteiger partial charge is 0.0279 e. The van der Waals surface area contributed by atoms with Gasteiger partial charge in [0, 0.05) is 20.8 Å². The van der Waals surface area contributed by atoms with E-state index in [0.29, 0.717) is 11.8 Å². The molecule has 0 saturated heterocycles. The lowest BCUT2D eigenvalue weighted by Gasteiger charge is -2.09. The molecule has 0 amide bonds. The van der Waals surface area contributed by atoms with Crippen molar-refractivity contribution in [2.24, 2.45) is 0 Å². The molecule has 0 heterocycles. The first kappa shape index (κ1) is 19.6. The van der Waals surface area contributed by atoms with Crippen LogP contribution in [-0.4, -0.2) is 0 Å². The van der Waals surface area contributed by atoms with Crippen LogP contribution in [0.2, 0.25) is 0 Å². The Hall–Kier alpha value is -1.12. The zero-order chi connectivity index (χ0) is 19.2. The summed E-state index contributed by atoms with van der Waals surface area (Å²) in [5.41, 5.74) is 11.2. The summed E-state index contributed by atoms with van der Waals surface area (Å²) in [6, 6.07) is 8.86. The monoisotopic (exact) mass is 472 g/mol. The molecular weight excluding hydrogens is 448 g/mol. The van der Waals surface area contributed by atoms with Gasteiger partial charge in [-0.3, -0.25) is 0 Å². The fraction of sp³-hybridized carbons (Fsp3) is 0.333. The molecule has 2 aromatic rings. The van der Waals surface area contributed by atoms with Crippen LogP contribution in [0.1, 0.15) is 72.9 Å². The Kier molecular flexibility index (Phi) is 5.65. The summed E-state index contributed by atoms with van der Waals surface area (Å²) in [6.45, 7) is 13.2. The molecule has 0 aromatic heterocycles. The highest BCUT2D eigenvalue weighted by molar-refractivity contribution is 9.11. The van der Waals surface area contributed by atoms with Crippen LogP contribution in [0.5, 0.6) is 0 Å². The van der Waals surface area contributed by atoms with Crippen LogP contribution >= 0.6 is 31.9 Å². The lowest BCUT2D eigenvalue weighted by Crippen LogP contribution is -1.91.